The van der Waals surface area contributed by atoms with Crippen molar-refractivity contribution in [2.45, 2.75) is 74.8 Å². The van der Waals surface area contributed by atoms with Crippen molar-refractivity contribution < 1.29 is 17.9 Å². The van der Waals surface area contributed by atoms with Gasteiger partial charge in [-0.15, -0.1) is 0 Å². The standard InChI is InChI=1S/C20H29NO4S/c1-26(23,24)19-13-11-18(12-14-19)25-15-5-8-20(22)21(17-9-10-17)16-6-3-2-4-7-16/h11-14,16-17H,2-10,15H2,1H3. The zero-order valence-corrected chi connectivity index (χ0v) is 16.3. The second kappa shape index (κ2) is 8.42. The molecule has 5 nitrogen and oxygen atoms in total. The molecule has 0 radical (unpaired) electrons. The number of carbonyl (C=O) groups is 1. The highest BCUT2D eigenvalue weighted by Crippen LogP contribution is 2.34. The number of benzene rings is 1. The van der Waals surface area contributed by atoms with Crippen molar-refractivity contribution in [3.63, 3.8) is 0 Å². The van der Waals surface area contributed by atoms with E-state index in [2.05, 4.69) is 4.90 Å². The molecule has 2 aliphatic rings. The minimum atomic E-state index is -3.18. The summed E-state index contributed by atoms with van der Waals surface area (Å²) in [5.74, 6) is 0.909. The third kappa shape index (κ3) is 5.22. The maximum Gasteiger partial charge on any atom is 0.223 e. The first kappa shape index (κ1) is 19.2. The van der Waals surface area contributed by atoms with Crippen LogP contribution in [0.25, 0.3) is 0 Å². The molecule has 1 aromatic carbocycles. The number of carbonyl (C=O) groups excluding carboxylic acids is 1. The van der Waals surface area contributed by atoms with Crippen LogP contribution in [0.15, 0.2) is 29.2 Å². The topological polar surface area (TPSA) is 63.7 Å². The van der Waals surface area contributed by atoms with E-state index >= 15 is 0 Å². The van der Waals surface area contributed by atoms with Gasteiger partial charge in [0.2, 0.25) is 5.91 Å². The quantitative estimate of drug-likeness (QED) is 0.648. The van der Waals surface area contributed by atoms with Crippen LogP contribution < -0.4 is 4.74 Å². The van der Waals surface area contributed by atoms with Crippen molar-refractivity contribution in [3.8, 4) is 5.75 Å². The largest absolute Gasteiger partial charge is 0.494 e. The van der Waals surface area contributed by atoms with Crippen molar-refractivity contribution in [1.82, 2.24) is 4.90 Å². The summed E-state index contributed by atoms with van der Waals surface area (Å²) in [6.07, 6.45) is 10.8. The van der Waals surface area contributed by atoms with Gasteiger partial charge < -0.3 is 9.64 Å². The first-order chi connectivity index (χ1) is 12.4. The maximum absolute atomic E-state index is 12.7. The summed E-state index contributed by atoms with van der Waals surface area (Å²) in [4.78, 5) is 15.2. The number of ether oxygens (including phenoxy) is 1. The van der Waals surface area contributed by atoms with E-state index < -0.39 is 9.84 Å². The summed E-state index contributed by atoms with van der Waals surface area (Å²) in [7, 11) is -3.18. The molecule has 0 aromatic heterocycles. The van der Waals surface area contributed by atoms with Gasteiger partial charge in [-0.2, -0.15) is 0 Å². The van der Waals surface area contributed by atoms with Crippen molar-refractivity contribution in [2.24, 2.45) is 0 Å². The molecule has 0 unspecified atom stereocenters. The molecule has 2 fully saturated rings. The van der Waals surface area contributed by atoms with Crippen LogP contribution in [-0.2, 0) is 14.6 Å². The molecule has 0 N–H and O–H groups in total. The van der Waals surface area contributed by atoms with E-state index in [4.69, 9.17) is 4.74 Å². The number of hydrogen-bond acceptors (Lipinski definition) is 4. The van der Waals surface area contributed by atoms with Crippen LogP contribution in [0.5, 0.6) is 5.75 Å². The lowest BCUT2D eigenvalue weighted by molar-refractivity contribution is -0.135. The Balaban J connectivity index is 1.44. The van der Waals surface area contributed by atoms with Gasteiger partial charge in [0.15, 0.2) is 9.84 Å². The molecule has 2 saturated carbocycles. The van der Waals surface area contributed by atoms with Crippen LogP contribution in [0.1, 0.15) is 57.8 Å². The van der Waals surface area contributed by atoms with Gasteiger partial charge in [-0.05, 0) is 56.4 Å². The van der Waals surface area contributed by atoms with Crippen molar-refractivity contribution in [2.75, 3.05) is 12.9 Å². The first-order valence-electron chi connectivity index (χ1n) is 9.69. The fourth-order valence-corrected chi connectivity index (χ4v) is 4.37. The van der Waals surface area contributed by atoms with Gasteiger partial charge in [0.1, 0.15) is 5.75 Å². The minimum Gasteiger partial charge on any atom is -0.494 e. The van der Waals surface area contributed by atoms with Crippen molar-refractivity contribution in [1.29, 1.82) is 0 Å². The highest BCUT2D eigenvalue weighted by atomic mass is 32.2. The molecule has 0 aliphatic heterocycles. The molecule has 1 aromatic rings. The average molecular weight is 380 g/mol. The number of sulfone groups is 1. The molecule has 3 rings (SSSR count). The van der Waals surface area contributed by atoms with Gasteiger partial charge in [-0.1, -0.05) is 19.3 Å². The molecule has 26 heavy (non-hydrogen) atoms. The first-order valence-corrected chi connectivity index (χ1v) is 11.6. The second-order valence-electron chi connectivity index (χ2n) is 7.52. The molecular weight excluding hydrogens is 350 g/mol. The Morgan fingerprint density at radius 2 is 1.65 bits per heavy atom. The van der Waals surface area contributed by atoms with Crippen LogP contribution in [-0.4, -0.2) is 44.2 Å². The van der Waals surface area contributed by atoms with E-state index in [1.807, 2.05) is 0 Å². The van der Waals surface area contributed by atoms with Crippen LogP contribution in [0.2, 0.25) is 0 Å². The monoisotopic (exact) mass is 379 g/mol. The van der Waals surface area contributed by atoms with Gasteiger partial charge in [0.05, 0.1) is 11.5 Å². The van der Waals surface area contributed by atoms with Crippen molar-refractivity contribution >= 4 is 15.7 Å². The number of rotatable bonds is 8. The average Bonchev–Trinajstić information content (AvgIpc) is 3.44. The Hall–Kier alpha value is -1.56. The molecule has 0 atom stereocenters. The maximum atomic E-state index is 12.7. The highest BCUT2D eigenvalue weighted by molar-refractivity contribution is 7.90. The number of amides is 1. The van der Waals surface area contributed by atoms with E-state index in [1.54, 1.807) is 24.3 Å². The zero-order chi connectivity index (χ0) is 18.6. The van der Waals surface area contributed by atoms with E-state index in [0.717, 1.165) is 25.7 Å². The van der Waals surface area contributed by atoms with Gasteiger partial charge in [0, 0.05) is 24.8 Å². The van der Waals surface area contributed by atoms with Crippen LogP contribution in [0.4, 0.5) is 0 Å². The normalized spacial score (nSPS) is 18.5. The Morgan fingerprint density at radius 3 is 2.23 bits per heavy atom. The summed E-state index contributed by atoms with van der Waals surface area (Å²) in [5, 5.41) is 0. The summed E-state index contributed by atoms with van der Waals surface area (Å²) in [5.41, 5.74) is 0. The molecule has 0 saturated heterocycles. The Labute approximate surface area is 156 Å². The number of hydrogen-bond donors (Lipinski definition) is 0. The predicted molar refractivity (Wildman–Crippen MR) is 101 cm³/mol. The van der Waals surface area contributed by atoms with E-state index in [9.17, 15) is 13.2 Å². The van der Waals surface area contributed by atoms with Gasteiger partial charge in [-0.3, -0.25) is 4.79 Å². The molecule has 0 heterocycles. The summed E-state index contributed by atoms with van der Waals surface area (Å²) in [6.45, 7) is 0.465. The smallest absolute Gasteiger partial charge is 0.223 e. The molecule has 144 valence electrons. The Bertz CT molecular complexity index is 704. The second-order valence-corrected chi connectivity index (χ2v) is 9.54. The van der Waals surface area contributed by atoms with E-state index in [0.29, 0.717) is 37.3 Å². The third-order valence-electron chi connectivity index (χ3n) is 5.25. The lowest BCUT2D eigenvalue weighted by Gasteiger charge is -2.34. The lowest BCUT2D eigenvalue weighted by Crippen LogP contribution is -2.43. The number of nitrogens with zero attached hydrogens (tertiary/aromatic N) is 1. The van der Waals surface area contributed by atoms with Gasteiger partial charge in [-0.25, -0.2) is 8.42 Å². The van der Waals surface area contributed by atoms with E-state index in [1.165, 1.54) is 25.5 Å². The van der Waals surface area contributed by atoms with Crippen LogP contribution in [0.3, 0.4) is 0 Å². The Morgan fingerprint density at radius 1 is 1.04 bits per heavy atom. The van der Waals surface area contributed by atoms with E-state index in [-0.39, 0.29) is 10.8 Å². The summed E-state index contributed by atoms with van der Waals surface area (Å²) < 4.78 is 28.6. The molecule has 1 amide bonds. The highest BCUT2D eigenvalue weighted by Gasteiger charge is 2.37. The van der Waals surface area contributed by atoms with Crippen molar-refractivity contribution in [3.05, 3.63) is 24.3 Å². The summed E-state index contributed by atoms with van der Waals surface area (Å²) >= 11 is 0. The van der Waals surface area contributed by atoms with Crippen LogP contribution in [0, 0.1) is 0 Å². The molecule has 6 heteroatoms. The van der Waals surface area contributed by atoms with Gasteiger partial charge >= 0.3 is 0 Å². The zero-order valence-electron chi connectivity index (χ0n) is 15.5. The third-order valence-corrected chi connectivity index (χ3v) is 6.38. The molecule has 0 spiro atoms. The van der Waals surface area contributed by atoms with Crippen LogP contribution >= 0.6 is 0 Å². The minimum absolute atomic E-state index is 0.274. The molecular formula is C20H29NO4S. The lowest BCUT2D eigenvalue weighted by atomic mass is 9.93. The summed E-state index contributed by atoms with van der Waals surface area (Å²) in [6, 6.07) is 7.36. The SMILES string of the molecule is CS(=O)(=O)c1ccc(OCCCC(=O)N(C2CCCCC2)C2CC2)cc1. The fourth-order valence-electron chi connectivity index (χ4n) is 3.74. The molecule has 2 aliphatic carbocycles. The fraction of sp³-hybridized carbons (Fsp3) is 0.650. The van der Waals surface area contributed by atoms with Gasteiger partial charge in [0.25, 0.3) is 0 Å². The predicted octanol–water partition coefficient (Wildman–Crippen LogP) is 3.57. The molecule has 0 bridgehead atoms. The Kier molecular flexibility index (Phi) is 6.22.